The van der Waals surface area contributed by atoms with Crippen LogP contribution in [0, 0.1) is 40.5 Å². The lowest BCUT2D eigenvalue weighted by Gasteiger charge is -2.35. The number of hydrogen-bond acceptors (Lipinski definition) is 2. The Bertz CT molecular complexity index is 548. The smallest absolute Gasteiger partial charge is 0.254 e. The van der Waals surface area contributed by atoms with Gasteiger partial charge in [-0.05, 0) is 74.8 Å². The van der Waals surface area contributed by atoms with Gasteiger partial charge in [0, 0.05) is 18.7 Å². The second-order valence-corrected chi connectivity index (χ2v) is 6.58. The van der Waals surface area contributed by atoms with E-state index in [0.29, 0.717) is 19.5 Å². The van der Waals surface area contributed by atoms with Crippen LogP contribution in [-0.4, -0.2) is 35.1 Å². The minimum atomic E-state index is -0.280. The number of amides is 1. The number of carbonyl (C=O) groups is 1. The van der Waals surface area contributed by atoms with E-state index in [1.165, 1.54) is 16.7 Å². The molecule has 116 valence electrons. The van der Waals surface area contributed by atoms with Crippen LogP contribution in [0.4, 0.5) is 0 Å². The quantitative estimate of drug-likeness (QED) is 0.863. The molecule has 2 unspecified atom stereocenters. The Morgan fingerprint density at radius 3 is 1.95 bits per heavy atom. The first kappa shape index (κ1) is 16.0. The topological polar surface area (TPSA) is 40.5 Å². The third-order valence-corrected chi connectivity index (χ3v) is 5.36. The van der Waals surface area contributed by atoms with Crippen molar-refractivity contribution in [3.05, 3.63) is 33.4 Å². The van der Waals surface area contributed by atoms with Crippen LogP contribution in [0.2, 0.25) is 0 Å². The van der Waals surface area contributed by atoms with Gasteiger partial charge in [-0.25, -0.2) is 0 Å². The normalized spacial score (nSPS) is 22.5. The third-order valence-electron chi connectivity index (χ3n) is 5.36. The predicted molar refractivity (Wildman–Crippen MR) is 85.8 cm³/mol. The zero-order valence-corrected chi connectivity index (χ0v) is 14.1. The maximum absolute atomic E-state index is 13.0. The molecule has 0 aliphatic carbocycles. The van der Waals surface area contributed by atoms with E-state index in [9.17, 15) is 9.90 Å². The summed E-state index contributed by atoms with van der Waals surface area (Å²) >= 11 is 0. The summed E-state index contributed by atoms with van der Waals surface area (Å²) in [6.45, 7) is 13.7. The minimum Gasteiger partial charge on any atom is -0.393 e. The van der Waals surface area contributed by atoms with Gasteiger partial charge in [0.1, 0.15) is 0 Å². The van der Waals surface area contributed by atoms with Crippen molar-refractivity contribution < 1.29 is 9.90 Å². The van der Waals surface area contributed by atoms with Crippen LogP contribution < -0.4 is 0 Å². The molecule has 1 amide bonds. The Hall–Kier alpha value is -1.35. The summed E-state index contributed by atoms with van der Waals surface area (Å²) in [6, 6.07) is 0. The molecule has 1 heterocycles. The SMILES string of the molecule is Cc1c(C)c(C)c(C(=O)N2CCC(O)C(C)C2)c(C)c1C. The molecule has 2 atom stereocenters. The molecule has 2 rings (SSSR count). The first-order chi connectivity index (χ1) is 9.75. The molecule has 21 heavy (non-hydrogen) atoms. The number of benzene rings is 1. The van der Waals surface area contributed by atoms with Crippen LogP contribution in [0.3, 0.4) is 0 Å². The highest BCUT2D eigenvalue weighted by atomic mass is 16.3. The molecule has 1 fully saturated rings. The Morgan fingerprint density at radius 1 is 1.00 bits per heavy atom. The molecule has 1 aromatic rings. The van der Waals surface area contributed by atoms with Crippen molar-refractivity contribution in [1.82, 2.24) is 4.90 Å². The number of likely N-dealkylation sites (tertiary alicyclic amines) is 1. The molecule has 0 spiro atoms. The predicted octanol–water partition coefficient (Wildman–Crippen LogP) is 3.07. The molecule has 1 aliphatic heterocycles. The van der Waals surface area contributed by atoms with Gasteiger partial charge < -0.3 is 10.0 Å². The van der Waals surface area contributed by atoms with Crippen molar-refractivity contribution in [2.45, 2.75) is 54.1 Å². The summed E-state index contributed by atoms with van der Waals surface area (Å²) in [6.07, 6.45) is 0.396. The summed E-state index contributed by atoms with van der Waals surface area (Å²) in [5, 5.41) is 9.84. The van der Waals surface area contributed by atoms with Crippen LogP contribution in [0.25, 0.3) is 0 Å². The fraction of sp³-hybridized carbons (Fsp3) is 0.611. The fourth-order valence-corrected chi connectivity index (χ4v) is 3.30. The van der Waals surface area contributed by atoms with Gasteiger partial charge in [0.05, 0.1) is 6.10 Å². The third kappa shape index (κ3) is 2.71. The van der Waals surface area contributed by atoms with E-state index < -0.39 is 0 Å². The van der Waals surface area contributed by atoms with Gasteiger partial charge in [0.15, 0.2) is 0 Å². The van der Waals surface area contributed by atoms with Crippen molar-refractivity contribution in [2.75, 3.05) is 13.1 Å². The summed E-state index contributed by atoms with van der Waals surface area (Å²) in [7, 11) is 0. The number of aliphatic hydroxyl groups excluding tert-OH is 1. The van der Waals surface area contributed by atoms with Gasteiger partial charge in [0.25, 0.3) is 5.91 Å². The highest BCUT2D eigenvalue weighted by molar-refractivity contribution is 5.98. The Balaban J connectivity index is 2.41. The van der Waals surface area contributed by atoms with Crippen LogP contribution in [0.1, 0.15) is 51.5 Å². The lowest BCUT2D eigenvalue weighted by atomic mass is 9.88. The number of rotatable bonds is 1. The standard InChI is InChI=1S/C18H27NO2/c1-10-9-19(8-7-16(10)20)18(21)17-14(5)12(3)11(2)13(4)15(17)6/h10,16,20H,7-9H2,1-6H3. The van der Waals surface area contributed by atoms with Crippen LogP contribution in [0.15, 0.2) is 0 Å². The van der Waals surface area contributed by atoms with Gasteiger partial charge in [0.2, 0.25) is 0 Å². The number of carbonyl (C=O) groups excluding carboxylic acids is 1. The number of aliphatic hydroxyl groups is 1. The minimum absolute atomic E-state index is 0.120. The summed E-state index contributed by atoms with van der Waals surface area (Å²) in [5.74, 6) is 0.269. The van der Waals surface area contributed by atoms with Gasteiger partial charge in [-0.15, -0.1) is 0 Å². The Kier molecular flexibility index (Phi) is 4.43. The van der Waals surface area contributed by atoms with E-state index in [2.05, 4.69) is 20.8 Å². The lowest BCUT2D eigenvalue weighted by Crippen LogP contribution is -2.45. The van der Waals surface area contributed by atoms with E-state index in [0.717, 1.165) is 16.7 Å². The Morgan fingerprint density at radius 2 is 1.48 bits per heavy atom. The van der Waals surface area contributed by atoms with Crippen molar-refractivity contribution in [3.8, 4) is 0 Å². The largest absolute Gasteiger partial charge is 0.393 e. The molecule has 0 bridgehead atoms. The zero-order valence-electron chi connectivity index (χ0n) is 14.1. The lowest BCUT2D eigenvalue weighted by molar-refractivity contribution is 0.0296. The fourth-order valence-electron chi connectivity index (χ4n) is 3.30. The first-order valence-corrected chi connectivity index (χ1v) is 7.80. The molecule has 0 aromatic heterocycles. The molecule has 1 aliphatic rings. The second-order valence-electron chi connectivity index (χ2n) is 6.58. The molecular weight excluding hydrogens is 262 g/mol. The van der Waals surface area contributed by atoms with E-state index in [-0.39, 0.29) is 17.9 Å². The molecule has 1 N–H and O–H groups in total. The van der Waals surface area contributed by atoms with Crippen LogP contribution in [-0.2, 0) is 0 Å². The van der Waals surface area contributed by atoms with Crippen LogP contribution >= 0.6 is 0 Å². The van der Waals surface area contributed by atoms with E-state index >= 15 is 0 Å². The van der Waals surface area contributed by atoms with Crippen molar-refractivity contribution in [3.63, 3.8) is 0 Å². The molecule has 0 saturated carbocycles. The second kappa shape index (κ2) is 5.80. The van der Waals surface area contributed by atoms with E-state index in [4.69, 9.17) is 0 Å². The highest BCUT2D eigenvalue weighted by Gasteiger charge is 2.29. The monoisotopic (exact) mass is 289 g/mol. The highest BCUT2D eigenvalue weighted by Crippen LogP contribution is 2.28. The molecule has 3 nitrogen and oxygen atoms in total. The Labute approximate surface area is 128 Å². The number of nitrogens with zero attached hydrogens (tertiary/aromatic N) is 1. The van der Waals surface area contributed by atoms with Crippen LogP contribution in [0.5, 0.6) is 0 Å². The first-order valence-electron chi connectivity index (χ1n) is 7.80. The zero-order chi connectivity index (χ0) is 15.9. The van der Waals surface area contributed by atoms with Gasteiger partial charge in [-0.1, -0.05) is 6.92 Å². The van der Waals surface area contributed by atoms with Crippen molar-refractivity contribution in [1.29, 1.82) is 0 Å². The molecular formula is C18H27NO2. The molecule has 3 heteroatoms. The molecule has 1 aromatic carbocycles. The van der Waals surface area contributed by atoms with E-state index in [1.54, 1.807) is 0 Å². The average Bonchev–Trinajstić information content (AvgIpc) is 2.46. The average molecular weight is 289 g/mol. The van der Waals surface area contributed by atoms with Gasteiger partial charge >= 0.3 is 0 Å². The maximum Gasteiger partial charge on any atom is 0.254 e. The van der Waals surface area contributed by atoms with E-state index in [1.807, 2.05) is 25.7 Å². The van der Waals surface area contributed by atoms with Crippen molar-refractivity contribution >= 4 is 5.91 Å². The number of piperidine rings is 1. The number of hydrogen-bond donors (Lipinski definition) is 1. The summed E-state index contributed by atoms with van der Waals surface area (Å²) in [4.78, 5) is 14.9. The van der Waals surface area contributed by atoms with Gasteiger partial charge in [-0.2, -0.15) is 0 Å². The molecule has 0 radical (unpaired) electrons. The summed E-state index contributed by atoms with van der Waals surface area (Å²) < 4.78 is 0. The maximum atomic E-state index is 13.0. The summed E-state index contributed by atoms with van der Waals surface area (Å²) in [5.41, 5.74) is 6.76. The molecule has 1 saturated heterocycles. The van der Waals surface area contributed by atoms with Crippen molar-refractivity contribution in [2.24, 2.45) is 5.92 Å². The van der Waals surface area contributed by atoms with Gasteiger partial charge in [-0.3, -0.25) is 4.79 Å².